The number of nitrogens with zero attached hydrogens (tertiary/aromatic N) is 18. The Labute approximate surface area is 482 Å². The van der Waals surface area contributed by atoms with Gasteiger partial charge < -0.3 is 21.4 Å². The van der Waals surface area contributed by atoms with Crippen molar-refractivity contribution in [2.75, 3.05) is 29.4 Å². The van der Waals surface area contributed by atoms with Crippen molar-refractivity contribution in [1.82, 2.24) is 29.7 Å². The van der Waals surface area contributed by atoms with Crippen LogP contribution in [0.15, 0.2) is 101 Å². The van der Waals surface area contributed by atoms with E-state index in [0.29, 0.717) is 6.54 Å². The molecule has 406 valence electrons. The standard InChI is InChI=1S/C30H32N10.C29H4.H3N11.13H2/c1-38-18-20(15-35-38)21-6-7-24-22(36-21)5-3-11-40(24)29-27-23(16-34-29)37-25(17-33-27)39-12-8-30(9-13-39)14-19-4-2-10-32-26(19)28(30)31;1-3-5-7-9-11-13-15-17-19-21-23-25-27-29-28-26-24-22-20-18-16-14-12-10-8-6-4-2;1-3-5-7-9-11-10-8-6-4-2;;;;;;;;;;;;;/h2,4,6-7,10,15,17-18,28H,3,5,8-9,11-14,16,31H2,1H3;1H,2H3;(H3,1,2,5,6,9,10);13*1H. The predicted octanol–water partition coefficient (Wildman–Crippen LogP) is 8.46. The van der Waals surface area contributed by atoms with Gasteiger partial charge in [-0.2, -0.15) is 10.6 Å². The summed E-state index contributed by atoms with van der Waals surface area (Å²) in [6.45, 7) is 5.00. The van der Waals surface area contributed by atoms with E-state index in [2.05, 4.69) is 251 Å². The number of aryl methyl sites for hydroxylation is 2. The molecule has 1 saturated heterocycles. The number of nitrogens with one attached hydrogen (secondary N) is 1. The van der Waals surface area contributed by atoms with Crippen LogP contribution in [-0.2, 0) is 26.4 Å². The Kier molecular flexibility index (Phi) is 22.6. The fourth-order valence-electron chi connectivity index (χ4n) is 7.97. The molecule has 4 aromatic heterocycles. The number of nitrogens with two attached hydrogens (primary N) is 2. The fourth-order valence-corrected chi connectivity index (χ4v) is 7.97. The van der Waals surface area contributed by atoms with Gasteiger partial charge in [-0.1, -0.05) is 17.2 Å². The Hall–Kier alpha value is -12.5. The molecule has 3 aliphatic heterocycles. The number of fused-ring (bicyclic) bond motifs is 3. The van der Waals surface area contributed by atoms with E-state index in [1.165, 1.54) is 5.56 Å². The third-order valence-electron chi connectivity index (χ3n) is 11.3. The van der Waals surface area contributed by atoms with Crippen molar-refractivity contribution in [3.8, 4) is 178 Å². The van der Waals surface area contributed by atoms with Crippen LogP contribution in [0, 0.1) is 177 Å². The number of hydrogen-bond acceptors (Lipinski definition) is 11. The van der Waals surface area contributed by atoms with E-state index in [4.69, 9.17) is 37.6 Å². The first-order valence-corrected chi connectivity index (χ1v) is 23.6. The molecular formula is C59H65N21. The Morgan fingerprint density at radius 3 is 1.80 bits per heavy atom. The average Bonchev–Trinajstić information content (AvgIpc) is 1.68. The number of rotatable bonds is 6. The summed E-state index contributed by atoms with van der Waals surface area (Å²) >= 11 is 0. The lowest BCUT2D eigenvalue weighted by atomic mass is 9.73. The van der Waals surface area contributed by atoms with Gasteiger partial charge in [0, 0.05) is 122 Å². The summed E-state index contributed by atoms with van der Waals surface area (Å²) in [6, 6.07) is 8.46. The van der Waals surface area contributed by atoms with Crippen LogP contribution in [-0.4, -0.2) is 55.2 Å². The zero-order valence-corrected chi connectivity index (χ0v) is 42.8. The van der Waals surface area contributed by atoms with E-state index in [0.717, 1.165) is 103 Å². The second kappa shape index (κ2) is 31.9. The molecule has 21 nitrogen and oxygen atoms in total. The summed E-state index contributed by atoms with van der Waals surface area (Å²) < 4.78 is 1.81. The number of terminal acetylenes is 1. The molecule has 5 N–H and O–H groups in total. The van der Waals surface area contributed by atoms with E-state index in [1.54, 1.807) is 6.92 Å². The van der Waals surface area contributed by atoms with Crippen LogP contribution >= 0.6 is 0 Å². The van der Waals surface area contributed by atoms with Gasteiger partial charge in [0.25, 0.3) is 0 Å². The van der Waals surface area contributed by atoms with Crippen LogP contribution in [0.5, 0.6) is 0 Å². The minimum absolute atomic E-state index is 0. The number of aromatic nitrogens is 6. The zero-order valence-electron chi connectivity index (χ0n) is 42.8. The third-order valence-corrected chi connectivity index (χ3v) is 11.3. The highest BCUT2D eigenvalue weighted by Crippen LogP contribution is 2.50. The lowest BCUT2D eigenvalue weighted by Gasteiger charge is -2.42. The number of anilines is 2. The molecule has 0 bridgehead atoms. The predicted molar refractivity (Wildman–Crippen MR) is 325 cm³/mol. The molecule has 1 atom stereocenters. The number of amidine groups is 1. The maximum atomic E-state index is 6.74. The minimum Gasteiger partial charge on any atom is -0.355 e. The maximum Gasteiger partial charge on any atom is 0.156 e. The van der Waals surface area contributed by atoms with E-state index in [9.17, 15) is 0 Å². The van der Waals surface area contributed by atoms with Crippen molar-refractivity contribution in [1.29, 1.82) is 5.53 Å². The van der Waals surface area contributed by atoms with E-state index < -0.39 is 0 Å². The largest absolute Gasteiger partial charge is 0.355 e. The molecule has 7 heterocycles. The summed E-state index contributed by atoms with van der Waals surface area (Å²) in [6.07, 6.45) is 17.6. The first-order valence-electron chi connectivity index (χ1n) is 23.6. The van der Waals surface area contributed by atoms with Gasteiger partial charge in [-0.25, -0.2) is 9.97 Å². The van der Waals surface area contributed by atoms with Crippen LogP contribution in [0.3, 0.4) is 0 Å². The van der Waals surface area contributed by atoms with Crippen LogP contribution in [0.2, 0.25) is 0 Å². The molecule has 0 aromatic carbocycles. The number of hydrogen-bond donors (Lipinski definition) is 3. The van der Waals surface area contributed by atoms with Gasteiger partial charge in [0.1, 0.15) is 11.5 Å². The SMILES string of the molecule is C#CC#CC#CC#CC#CC#CC#CC#CC#CC#CC#CC#CC#CC#CC.Cn1cc(-c2ccc3c(n2)CCCN3C2=NCc3nc(N4CCC5(CC4)Cc4cccnc4C5N)cnc32)cn1.N=N/N=N/N=N/N=N/N=N/N.[HH].[HH].[HH].[HH].[HH].[HH].[HH].[HH].[HH].[HH].[HH].[HH].[HH]. The molecule has 1 unspecified atom stereocenters. The zero-order chi connectivity index (χ0) is 56.3. The summed E-state index contributed by atoms with van der Waals surface area (Å²) in [5, 5.41) is 29.7. The summed E-state index contributed by atoms with van der Waals surface area (Å²) in [5.41, 5.74) is 21.4. The van der Waals surface area contributed by atoms with Crippen molar-refractivity contribution in [2.24, 2.45) is 76.0 Å². The smallest absolute Gasteiger partial charge is 0.156 e. The van der Waals surface area contributed by atoms with Crippen molar-refractivity contribution >= 4 is 17.3 Å². The summed E-state index contributed by atoms with van der Waals surface area (Å²) in [5.74, 6) is 73.3. The lowest BCUT2D eigenvalue weighted by molar-refractivity contribution is 0.185. The monoisotopic (exact) mass is 1070 g/mol. The molecule has 21 heteroatoms. The molecule has 1 fully saturated rings. The number of aliphatic imine (C=N–C) groups is 1. The first kappa shape index (κ1) is 56.8. The van der Waals surface area contributed by atoms with Crippen molar-refractivity contribution in [3.63, 3.8) is 0 Å². The molecule has 8 rings (SSSR count). The van der Waals surface area contributed by atoms with Crippen LogP contribution in [0.1, 0.15) is 79.1 Å². The highest BCUT2D eigenvalue weighted by Gasteiger charge is 2.47. The molecule has 0 amide bonds. The molecular weight excluding hydrogens is 1000 g/mol. The van der Waals surface area contributed by atoms with Gasteiger partial charge in [-0.3, -0.25) is 19.6 Å². The molecule has 0 saturated carbocycles. The molecule has 80 heavy (non-hydrogen) atoms. The lowest BCUT2D eigenvalue weighted by Crippen LogP contribution is -2.44. The minimum atomic E-state index is 0. The Morgan fingerprint density at radius 2 is 1.26 bits per heavy atom. The van der Waals surface area contributed by atoms with Crippen molar-refractivity contribution < 1.29 is 18.5 Å². The highest BCUT2D eigenvalue weighted by atomic mass is 15.7. The maximum absolute atomic E-state index is 6.74. The third kappa shape index (κ3) is 17.3. The van der Waals surface area contributed by atoms with Gasteiger partial charge in [0.2, 0.25) is 0 Å². The first-order chi connectivity index (χ1) is 39.4. The number of piperidine rings is 1. The van der Waals surface area contributed by atoms with Gasteiger partial charge in [0.05, 0.1) is 53.4 Å². The molecule has 1 spiro atoms. The molecule has 4 aromatic rings. The van der Waals surface area contributed by atoms with E-state index in [1.807, 2.05) is 42.6 Å². The normalized spacial score (nSPS) is 13.6. The van der Waals surface area contributed by atoms with Gasteiger partial charge in [0.15, 0.2) is 5.84 Å². The fraction of sp³-hybridized carbons (Fsp3) is 0.220. The van der Waals surface area contributed by atoms with Gasteiger partial charge >= 0.3 is 0 Å². The van der Waals surface area contributed by atoms with Crippen LogP contribution < -0.4 is 21.4 Å². The van der Waals surface area contributed by atoms with Crippen molar-refractivity contribution in [3.05, 3.63) is 77.4 Å². The quantitative estimate of drug-likeness (QED) is 0.0722. The Balaban J connectivity index is -0.000000205. The topological polar surface area (TPSA) is 275 Å². The van der Waals surface area contributed by atoms with E-state index in [-0.39, 0.29) is 30.0 Å². The Bertz CT molecular complexity index is 4160. The van der Waals surface area contributed by atoms with Gasteiger partial charge in [-0.15, -0.1) is 6.42 Å². The summed E-state index contributed by atoms with van der Waals surface area (Å²) in [4.78, 5) is 29.1. The second-order valence-corrected chi connectivity index (χ2v) is 15.9. The van der Waals surface area contributed by atoms with Crippen LogP contribution in [0.25, 0.3) is 11.3 Å². The molecule has 4 aliphatic rings. The van der Waals surface area contributed by atoms with Crippen LogP contribution in [0.4, 0.5) is 11.5 Å². The van der Waals surface area contributed by atoms with Crippen molar-refractivity contribution in [2.45, 2.75) is 51.6 Å². The average molecular weight is 1070 g/mol. The molecule has 0 radical (unpaired) electrons. The highest BCUT2D eigenvalue weighted by molar-refractivity contribution is 6.11. The second-order valence-electron chi connectivity index (χ2n) is 15.9. The summed E-state index contributed by atoms with van der Waals surface area (Å²) in [7, 11) is 1.93. The number of pyridine rings is 2. The molecule has 1 aliphatic carbocycles. The van der Waals surface area contributed by atoms with Gasteiger partial charge in [-0.05, 0) is 205 Å². The Morgan fingerprint density at radius 1 is 0.688 bits per heavy atom. The van der Waals surface area contributed by atoms with E-state index >= 15 is 0 Å².